The summed E-state index contributed by atoms with van der Waals surface area (Å²) in [6, 6.07) is 8.55. The molecule has 0 bridgehead atoms. The van der Waals surface area contributed by atoms with Gasteiger partial charge in [0.05, 0.1) is 7.11 Å². The van der Waals surface area contributed by atoms with E-state index in [4.69, 9.17) is 4.74 Å². The minimum Gasteiger partial charge on any atom is -0.496 e. The van der Waals surface area contributed by atoms with E-state index in [0.29, 0.717) is 6.04 Å². The van der Waals surface area contributed by atoms with Crippen LogP contribution in [0, 0.1) is 0 Å². The first-order valence-electron chi connectivity index (χ1n) is 6.18. The second kappa shape index (κ2) is 7.13. The maximum Gasteiger partial charge on any atom is 0.123 e. The molecule has 0 saturated heterocycles. The van der Waals surface area contributed by atoms with Crippen LogP contribution < -0.4 is 10.1 Å². The topological polar surface area (TPSA) is 21.3 Å². The van der Waals surface area contributed by atoms with E-state index in [2.05, 4.69) is 44.3 Å². The van der Waals surface area contributed by atoms with E-state index >= 15 is 0 Å². The Kier molecular flexibility index (Phi) is 5.78. The highest BCUT2D eigenvalue weighted by atomic mass is 16.5. The third-order valence-corrected chi connectivity index (χ3v) is 2.80. The molecule has 17 heavy (non-hydrogen) atoms. The van der Waals surface area contributed by atoms with Gasteiger partial charge in [0.1, 0.15) is 5.75 Å². The first-order valence-corrected chi connectivity index (χ1v) is 6.18. The maximum absolute atomic E-state index is 5.40. The number of hydrogen-bond acceptors (Lipinski definition) is 2. The average molecular weight is 233 g/mol. The van der Waals surface area contributed by atoms with Gasteiger partial charge in [-0.2, -0.15) is 0 Å². The third-order valence-electron chi connectivity index (χ3n) is 2.80. The van der Waals surface area contributed by atoms with Gasteiger partial charge in [0.25, 0.3) is 0 Å². The lowest BCUT2D eigenvalue weighted by atomic mass is 10.0. The van der Waals surface area contributed by atoms with Crippen molar-refractivity contribution in [3.8, 4) is 5.75 Å². The minimum atomic E-state index is 0.349. The second-order valence-corrected chi connectivity index (χ2v) is 4.39. The number of allylic oxidation sites excluding steroid dienone is 1. The number of hydrogen-bond donors (Lipinski definition) is 1. The largest absolute Gasteiger partial charge is 0.496 e. The van der Waals surface area contributed by atoms with Gasteiger partial charge in [-0.1, -0.05) is 36.8 Å². The first kappa shape index (κ1) is 13.8. The van der Waals surface area contributed by atoms with Gasteiger partial charge in [-0.05, 0) is 26.3 Å². The van der Waals surface area contributed by atoms with Crippen LogP contribution in [0.25, 0.3) is 0 Å². The van der Waals surface area contributed by atoms with Crippen LogP contribution >= 0.6 is 0 Å². The Morgan fingerprint density at radius 1 is 1.35 bits per heavy atom. The van der Waals surface area contributed by atoms with Crippen LogP contribution in [0.4, 0.5) is 0 Å². The molecule has 1 aromatic carbocycles. The molecule has 0 heterocycles. The molecule has 0 aliphatic carbocycles. The van der Waals surface area contributed by atoms with Crippen molar-refractivity contribution in [3.05, 3.63) is 41.5 Å². The second-order valence-electron chi connectivity index (χ2n) is 4.39. The predicted molar refractivity (Wildman–Crippen MR) is 73.5 cm³/mol. The number of nitrogens with one attached hydrogen (secondary N) is 1. The fourth-order valence-corrected chi connectivity index (χ4v) is 1.83. The number of methoxy groups -OCH3 is 1. The zero-order chi connectivity index (χ0) is 12.7. The van der Waals surface area contributed by atoms with E-state index in [1.165, 1.54) is 11.1 Å². The quantitative estimate of drug-likeness (QED) is 0.756. The Hall–Kier alpha value is -1.28. The Morgan fingerprint density at radius 3 is 2.65 bits per heavy atom. The van der Waals surface area contributed by atoms with Crippen molar-refractivity contribution in [2.75, 3.05) is 13.7 Å². The lowest BCUT2D eigenvalue weighted by Gasteiger charge is -2.19. The molecule has 0 amide bonds. The zero-order valence-electron chi connectivity index (χ0n) is 11.3. The van der Waals surface area contributed by atoms with Crippen LogP contribution in [0.3, 0.4) is 0 Å². The van der Waals surface area contributed by atoms with E-state index in [1.807, 2.05) is 12.1 Å². The average Bonchev–Trinajstić information content (AvgIpc) is 2.34. The Labute approximate surface area is 105 Å². The van der Waals surface area contributed by atoms with Crippen molar-refractivity contribution in [2.45, 2.75) is 33.2 Å². The highest BCUT2D eigenvalue weighted by molar-refractivity contribution is 5.35. The van der Waals surface area contributed by atoms with Gasteiger partial charge >= 0.3 is 0 Å². The summed E-state index contributed by atoms with van der Waals surface area (Å²) in [5.74, 6) is 0.962. The van der Waals surface area contributed by atoms with Gasteiger partial charge in [-0.25, -0.2) is 0 Å². The molecule has 0 saturated carbocycles. The summed E-state index contributed by atoms with van der Waals surface area (Å²) in [6.07, 6.45) is 3.26. The highest BCUT2D eigenvalue weighted by Gasteiger charge is 2.12. The van der Waals surface area contributed by atoms with Crippen LogP contribution in [-0.4, -0.2) is 13.7 Å². The molecular weight excluding hydrogens is 210 g/mol. The summed E-state index contributed by atoms with van der Waals surface area (Å²) in [7, 11) is 1.72. The molecule has 0 aliphatic rings. The molecule has 0 aromatic heterocycles. The molecule has 1 N–H and O–H groups in total. The fourth-order valence-electron chi connectivity index (χ4n) is 1.83. The van der Waals surface area contributed by atoms with Crippen molar-refractivity contribution in [3.63, 3.8) is 0 Å². The molecule has 1 unspecified atom stereocenters. The molecule has 0 spiro atoms. The van der Waals surface area contributed by atoms with Gasteiger partial charge in [0.2, 0.25) is 0 Å². The van der Waals surface area contributed by atoms with Crippen molar-refractivity contribution >= 4 is 0 Å². The molecule has 2 nitrogen and oxygen atoms in total. The summed E-state index contributed by atoms with van der Waals surface area (Å²) in [6.45, 7) is 7.32. The molecule has 0 aliphatic heterocycles. The first-order chi connectivity index (χ1) is 8.19. The standard InChI is InChI=1S/C15H23NO/c1-5-14(16-11-10-12(2)3)13-8-6-7-9-15(13)17-4/h6-10,14,16H,5,11H2,1-4H3. The SMILES string of the molecule is CCC(NCC=C(C)C)c1ccccc1OC. The van der Waals surface area contributed by atoms with E-state index in [1.54, 1.807) is 7.11 Å². The summed E-state index contributed by atoms with van der Waals surface area (Å²) in [5, 5.41) is 3.54. The smallest absolute Gasteiger partial charge is 0.123 e. The van der Waals surface area contributed by atoms with Gasteiger partial charge in [0.15, 0.2) is 0 Å². The van der Waals surface area contributed by atoms with Crippen molar-refractivity contribution in [2.24, 2.45) is 0 Å². The molecule has 2 heteroatoms. The van der Waals surface area contributed by atoms with E-state index in [-0.39, 0.29) is 0 Å². The molecular formula is C15H23NO. The Bertz CT molecular complexity index is 367. The molecule has 1 aromatic rings. The predicted octanol–water partition coefficient (Wildman–Crippen LogP) is 3.70. The van der Waals surface area contributed by atoms with Gasteiger partial charge < -0.3 is 10.1 Å². The minimum absolute atomic E-state index is 0.349. The van der Waals surface area contributed by atoms with Crippen molar-refractivity contribution in [1.82, 2.24) is 5.32 Å². The monoisotopic (exact) mass is 233 g/mol. The Morgan fingerprint density at radius 2 is 2.06 bits per heavy atom. The highest BCUT2D eigenvalue weighted by Crippen LogP contribution is 2.26. The summed E-state index contributed by atoms with van der Waals surface area (Å²) >= 11 is 0. The Balaban J connectivity index is 2.75. The molecule has 0 radical (unpaired) electrons. The molecule has 1 atom stereocenters. The van der Waals surface area contributed by atoms with Crippen LogP contribution in [0.15, 0.2) is 35.9 Å². The van der Waals surface area contributed by atoms with Crippen molar-refractivity contribution < 1.29 is 4.74 Å². The van der Waals surface area contributed by atoms with E-state index in [0.717, 1.165) is 18.7 Å². The zero-order valence-corrected chi connectivity index (χ0v) is 11.3. The van der Waals surface area contributed by atoms with E-state index < -0.39 is 0 Å². The summed E-state index contributed by atoms with van der Waals surface area (Å²) in [4.78, 5) is 0. The van der Waals surface area contributed by atoms with E-state index in [9.17, 15) is 0 Å². The number of para-hydroxylation sites is 1. The third kappa shape index (κ3) is 4.23. The van der Waals surface area contributed by atoms with Gasteiger partial charge in [-0.3, -0.25) is 0 Å². The van der Waals surface area contributed by atoms with Crippen LogP contribution in [-0.2, 0) is 0 Å². The van der Waals surface area contributed by atoms with Crippen LogP contribution in [0.2, 0.25) is 0 Å². The van der Waals surface area contributed by atoms with Gasteiger partial charge in [-0.15, -0.1) is 0 Å². The summed E-state index contributed by atoms with van der Waals surface area (Å²) < 4.78 is 5.40. The van der Waals surface area contributed by atoms with Crippen molar-refractivity contribution in [1.29, 1.82) is 0 Å². The normalized spacial score (nSPS) is 12.0. The fraction of sp³-hybridized carbons (Fsp3) is 0.467. The molecule has 0 fully saturated rings. The molecule has 94 valence electrons. The number of benzene rings is 1. The lowest BCUT2D eigenvalue weighted by molar-refractivity contribution is 0.399. The maximum atomic E-state index is 5.40. The lowest BCUT2D eigenvalue weighted by Crippen LogP contribution is -2.21. The summed E-state index contributed by atoms with van der Waals surface area (Å²) in [5.41, 5.74) is 2.58. The number of rotatable bonds is 6. The van der Waals surface area contributed by atoms with Crippen LogP contribution in [0.5, 0.6) is 5.75 Å². The van der Waals surface area contributed by atoms with Crippen LogP contribution in [0.1, 0.15) is 38.8 Å². The van der Waals surface area contributed by atoms with Gasteiger partial charge in [0, 0.05) is 18.2 Å². The molecule has 1 rings (SSSR count). The number of ether oxygens (including phenoxy) is 1.